The summed E-state index contributed by atoms with van der Waals surface area (Å²) >= 11 is 0. The lowest BCUT2D eigenvalue weighted by Crippen LogP contribution is -2.35. The highest BCUT2D eigenvalue weighted by Gasteiger charge is 2.15. The first-order valence-electron chi connectivity index (χ1n) is 8.01. The second kappa shape index (κ2) is 7.86. The molecule has 1 fully saturated rings. The lowest BCUT2D eigenvalue weighted by Gasteiger charge is -2.27. The van der Waals surface area contributed by atoms with Crippen LogP contribution in [0.2, 0.25) is 0 Å². The van der Waals surface area contributed by atoms with Gasteiger partial charge in [0.1, 0.15) is 6.20 Å². The quantitative estimate of drug-likeness (QED) is 0.596. The molecule has 1 aromatic heterocycles. The summed E-state index contributed by atoms with van der Waals surface area (Å²) in [6.45, 7) is 4.72. The van der Waals surface area contributed by atoms with Crippen molar-refractivity contribution in [2.24, 2.45) is 0 Å². The van der Waals surface area contributed by atoms with E-state index in [4.69, 9.17) is 10.5 Å². The van der Waals surface area contributed by atoms with Gasteiger partial charge in [0.2, 0.25) is 11.8 Å². The average Bonchev–Trinajstić information content (AvgIpc) is 2.61. The Hall–Kier alpha value is -2.78. The second-order valence-corrected chi connectivity index (χ2v) is 5.73. The maximum absolute atomic E-state index is 10.8. The Morgan fingerprint density at radius 3 is 2.68 bits per heavy atom. The summed E-state index contributed by atoms with van der Waals surface area (Å²) in [5, 5.41) is 13.8. The molecule has 0 atom stereocenters. The van der Waals surface area contributed by atoms with Crippen LogP contribution in [0.15, 0.2) is 30.5 Å². The first-order chi connectivity index (χ1) is 12.1. The molecule has 1 saturated heterocycles. The van der Waals surface area contributed by atoms with Crippen LogP contribution in [-0.4, -0.2) is 46.1 Å². The molecule has 25 heavy (non-hydrogen) atoms. The number of nitrogen functional groups attached to an aromatic ring is 1. The molecular weight excluding hydrogens is 324 g/mol. The zero-order valence-electron chi connectivity index (χ0n) is 13.7. The molecule has 0 radical (unpaired) electrons. The number of nitrogens with two attached hydrogens (primary N) is 1. The number of benzene rings is 1. The Kier molecular flexibility index (Phi) is 5.36. The van der Waals surface area contributed by atoms with Gasteiger partial charge in [0.05, 0.1) is 18.1 Å². The van der Waals surface area contributed by atoms with Crippen molar-refractivity contribution in [3.8, 4) is 0 Å². The van der Waals surface area contributed by atoms with Crippen LogP contribution in [0, 0.1) is 10.1 Å². The normalized spacial score (nSPS) is 15.0. The van der Waals surface area contributed by atoms with Gasteiger partial charge in [-0.25, -0.2) is 4.98 Å². The summed E-state index contributed by atoms with van der Waals surface area (Å²) in [7, 11) is 0. The molecule has 0 saturated carbocycles. The lowest BCUT2D eigenvalue weighted by atomic mass is 10.1. The molecule has 1 aliphatic heterocycles. The summed E-state index contributed by atoms with van der Waals surface area (Å²) in [6.07, 6.45) is 1.12. The van der Waals surface area contributed by atoms with Crippen LogP contribution in [0.5, 0.6) is 0 Å². The van der Waals surface area contributed by atoms with Gasteiger partial charge in [-0.3, -0.25) is 15.0 Å². The maximum Gasteiger partial charge on any atom is 0.329 e. The fraction of sp³-hybridized carbons (Fsp3) is 0.375. The predicted molar refractivity (Wildman–Crippen MR) is 93.0 cm³/mol. The van der Waals surface area contributed by atoms with E-state index in [1.54, 1.807) is 0 Å². The first-order valence-corrected chi connectivity index (χ1v) is 8.01. The third kappa shape index (κ3) is 4.40. The molecule has 1 aromatic carbocycles. The van der Waals surface area contributed by atoms with Crippen LogP contribution in [-0.2, 0) is 17.8 Å². The van der Waals surface area contributed by atoms with Crippen LogP contribution in [0.25, 0.3) is 0 Å². The number of anilines is 2. The SMILES string of the molecule is Nc1nc(NCc2ccccc2CN2CCOCC2)ncc1[N+](=O)[O-]. The largest absolute Gasteiger partial charge is 0.379 e. The van der Waals surface area contributed by atoms with Crippen molar-refractivity contribution in [1.29, 1.82) is 0 Å². The highest BCUT2D eigenvalue weighted by Crippen LogP contribution is 2.19. The van der Waals surface area contributed by atoms with E-state index in [0.29, 0.717) is 6.54 Å². The van der Waals surface area contributed by atoms with E-state index in [0.717, 1.165) is 44.6 Å². The number of aromatic nitrogens is 2. The summed E-state index contributed by atoms with van der Waals surface area (Å²) in [5.74, 6) is 0.119. The van der Waals surface area contributed by atoms with Crippen molar-refractivity contribution in [3.63, 3.8) is 0 Å². The number of nitrogens with zero attached hydrogens (tertiary/aromatic N) is 4. The lowest BCUT2D eigenvalue weighted by molar-refractivity contribution is -0.384. The van der Waals surface area contributed by atoms with Crippen molar-refractivity contribution in [1.82, 2.24) is 14.9 Å². The zero-order chi connectivity index (χ0) is 17.6. The number of nitrogens with one attached hydrogen (secondary N) is 1. The standard InChI is InChI=1S/C16H20N6O3/c17-15-14(22(23)24)10-19-16(20-15)18-9-12-3-1-2-4-13(12)11-21-5-7-25-8-6-21/h1-4,10H,5-9,11H2,(H3,17,18,19,20). The number of hydrogen-bond acceptors (Lipinski definition) is 8. The minimum Gasteiger partial charge on any atom is -0.379 e. The predicted octanol–water partition coefficient (Wildman–Crippen LogP) is 1.41. The molecule has 3 rings (SSSR count). The highest BCUT2D eigenvalue weighted by atomic mass is 16.6. The first kappa shape index (κ1) is 17.1. The van der Waals surface area contributed by atoms with E-state index in [9.17, 15) is 10.1 Å². The molecule has 0 aliphatic carbocycles. The summed E-state index contributed by atoms with van der Waals surface area (Å²) < 4.78 is 5.38. The van der Waals surface area contributed by atoms with Crippen molar-refractivity contribution in [2.45, 2.75) is 13.1 Å². The van der Waals surface area contributed by atoms with Crippen molar-refractivity contribution >= 4 is 17.5 Å². The Morgan fingerprint density at radius 1 is 1.28 bits per heavy atom. The number of rotatable bonds is 6. The van der Waals surface area contributed by atoms with Crippen LogP contribution in [0.1, 0.15) is 11.1 Å². The second-order valence-electron chi connectivity index (χ2n) is 5.73. The summed E-state index contributed by atoms with van der Waals surface area (Å²) in [6, 6.07) is 8.12. The van der Waals surface area contributed by atoms with E-state index >= 15 is 0 Å². The Morgan fingerprint density at radius 2 is 2.00 bits per heavy atom. The van der Waals surface area contributed by atoms with Gasteiger partial charge in [-0.1, -0.05) is 24.3 Å². The Labute approximate surface area is 145 Å². The zero-order valence-corrected chi connectivity index (χ0v) is 13.7. The van der Waals surface area contributed by atoms with Gasteiger partial charge in [-0.15, -0.1) is 0 Å². The molecular formula is C16H20N6O3. The number of nitro groups is 1. The third-order valence-electron chi connectivity index (χ3n) is 4.05. The molecule has 2 heterocycles. The van der Waals surface area contributed by atoms with Crippen LogP contribution < -0.4 is 11.1 Å². The van der Waals surface area contributed by atoms with Gasteiger partial charge in [0.15, 0.2) is 0 Å². The molecule has 0 unspecified atom stereocenters. The number of morpholine rings is 1. The van der Waals surface area contributed by atoms with Gasteiger partial charge in [0.25, 0.3) is 0 Å². The number of hydrogen-bond donors (Lipinski definition) is 2. The molecule has 9 heteroatoms. The van der Waals surface area contributed by atoms with Gasteiger partial charge in [-0.2, -0.15) is 4.98 Å². The Bertz CT molecular complexity index is 748. The average molecular weight is 344 g/mol. The Balaban J connectivity index is 1.67. The summed E-state index contributed by atoms with van der Waals surface area (Å²) in [4.78, 5) is 20.4. The van der Waals surface area contributed by atoms with E-state index in [1.807, 2.05) is 18.2 Å². The molecule has 132 valence electrons. The minimum atomic E-state index is -0.600. The van der Waals surface area contributed by atoms with Gasteiger partial charge in [-0.05, 0) is 11.1 Å². The molecule has 1 aliphatic rings. The smallest absolute Gasteiger partial charge is 0.329 e. The van der Waals surface area contributed by atoms with Gasteiger partial charge < -0.3 is 15.8 Å². The van der Waals surface area contributed by atoms with Crippen molar-refractivity contribution < 1.29 is 9.66 Å². The molecule has 2 aromatic rings. The molecule has 3 N–H and O–H groups in total. The van der Waals surface area contributed by atoms with Crippen LogP contribution >= 0.6 is 0 Å². The third-order valence-corrected chi connectivity index (χ3v) is 4.05. The fourth-order valence-electron chi connectivity index (χ4n) is 2.67. The van der Waals surface area contributed by atoms with E-state index in [-0.39, 0.29) is 17.5 Å². The van der Waals surface area contributed by atoms with Gasteiger partial charge >= 0.3 is 5.69 Å². The monoisotopic (exact) mass is 344 g/mol. The molecule has 9 nitrogen and oxygen atoms in total. The maximum atomic E-state index is 10.8. The highest BCUT2D eigenvalue weighted by molar-refractivity contribution is 5.53. The van der Waals surface area contributed by atoms with E-state index < -0.39 is 4.92 Å². The van der Waals surface area contributed by atoms with Gasteiger partial charge in [0, 0.05) is 26.2 Å². The molecule has 0 spiro atoms. The summed E-state index contributed by atoms with van der Waals surface area (Å²) in [5.41, 5.74) is 7.63. The molecule has 0 amide bonds. The topological polar surface area (TPSA) is 119 Å². The van der Waals surface area contributed by atoms with E-state index in [1.165, 1.54) is 5.56 Å². The van der Waals surface area contributed by atoms with Crippen molar-refractivity contribution in [3.05, 3.63) is 51.7 Å². The van der Waals surface area contributed by atoms with Crippen molar-refractivity contribution in [2.75, 3.05) is 37.4 Å². The fourth-order valence-corrected chi connectivity index (χ4v) is 2.67. The number of ether oxygens (including phenoxy) is 1. The molecule has 0 bridgehead atoms. The minimum absolute atomic E-state index is 0.149. The van der Waals surface area contributed by atoms with Crippen LogP contribution in [0.4, 0.5) is 17.5 Å². The van der Waals surface area contributed by atoms with Crippen LogP contribution in [0.3, 0.4) is 0 Å². The van der Waals surface area contributed by atoms with E-state index in [2.05, 4.69) is 26.3 Å².